The van der Waals surface area contributed by atoms with Gasteiger partial charge in [0.05, 0.1) is 12.1 Å². The van der Waals surface area contributed by atoms with Crippen LogP contribution >= 0.6 is 0 Å². The normalized spacial score (nSPS) is 20.2. The summed E-state index contributed by atoms with van der Waals surface area (Å²) in [6, 6.07) is 1.76. The van der Waals surface area contributed by atoms with Crippen LogP contribution in [0.2, 0.25) is 0 Å². The van der Waals surface area contributed by atoms with E-state index < -0.39 is 0 Å². The summed E-state index contributed by atoms with van der Waals surface area (Å²) in [6.07, 6.45) is 5.28. The van der Waals surface area contributed by atoms with E-state index in [1.54, 1.807) is 6.07 Å². The molecule has 1 aromatic rings. The Morgan fingerprint density at radius 2 is 2.50 bits per heavy atom. The third-order valence-electron chi connectivity index (χ3n) is 3.49. The van der Waals surface area contributed by atoms with Crippen LogP contribution in [-0.4, -0.2) is 23.9 Å². The minimum atomic E-state index is -0.310. The molecule has 1 aromatic heterocycles. The molecule has 2 heterocycles. The Morgan fingerprint density at radius 3 is 3.22 bits per heavy atom. The maximum absolute atomic E-state index is 11.3. The van der Waals surface area contributed by atoms with Gasteiger partial charge in [-0.3, -0.25) is 15.1 Å². The topological polar surface area (TPSA) is 71.5 Å². The molecule has 5 heteroatoms. The lowest BCUT2D eigenvalue weighted by Crippen LogP contribution is -2.29. The van der Waals surface area contributed by atoms with Gasteiger partial charge in [-0.25, -0.2) is 5.84 Å². The van der Waals surface area contributed by atoms with Crippen LogP contribution in [0, 0.1) is 5.92 Å². The highest BCUT2D eigenvalue weighted by molar-refractivity contribution is 5.93. The Hall–Kier alpha value is -1.33. The minimum Gasteiger partial charge on any atom is -0.467 e. The van der Waals surface area contributed by atoms with Crippen LogP contribution in [0.4, 0.5) is 0 Å². The van der Waals surface area contributed by atoms with Crippen molar-refractivity contribution in [3.05, 3.63) is 23.7 Å². The molecule has 0 saturated carbocycles. The summed E-state index contributed by atoms with van der Waals surface area (Å²) in [7, 11) is 0. The highest BCUT2D eigenvalue weighted by atomic mass is 16.3. The number of nitrogens with two attached hydrogens (primary N) is 1. The molecule has 0 aliphatic carbocycles. The smallest absolute Gasteiger partial charge is 0.268 e. The lowest BCUT2D eigenvalue weighted by molar-refractivity contribution is 0.0953. The van der Waals surface area contributed by atoms with E-state index in [-0.39, 0.29) is 5.91 Å². The number of nitrogens with one attached hydrogen (secondary N) is 1. The molecule has 1 fully saturated rings. The quantitative estimate of drug-likeness (QED) is 0.472. The van der Waals surface area contributed by atoms with E-state index in [0.717, 1.165) is 31.3 Å². The highest BCUT2D eigenvalue weighted by Crippen LogP contribution is 2.23. The zero-order chi connectivity index (χ0) is 13.0. The third-order valence-corrected chi connectivity index (χ3v) is 3.49. The predicted octanol–water partition coefficient (Wildman–Crippen LogP) is 1.51. The maximum Gasteiger partial charge on any atom is 0.268 e. The van der Waals surface area contributed by atoms with Gasteiger partial charge in [-0.2, -0.15) is 0 Å². The van der Waals surface area contributed by atoms with Gasteiger partial charge < -0.3 is 4.42 Å². The van der Waals surface area contributed by atoms with Crippen LogP contribution in [0.25, 0.3) is 0 Å². The second kappa shape index (κ2) is 6.02. The zero-order valence-electron chi connectivity index (χ0n) is 10.8. The van der Waals surface area contributed by atoms with Gasteiger partial charge >= 0.3 is 0 Å². The number of furan rings is 1. The van der Waals surface area contributed by atoms with Crippen molar-refractivity contribution >= 4 is 5.91 Å². The molecule has 1 aliphatic rings. The first-order valence-corrected chi connectivity index (χ1v) is 6.53. The maximum atomic E-state index is 11.3. The Bertz CT molecular complexity index is 403. The molecule has 1 amide bonds. The standard InChI is InChI=1S/C13H21N3O2/c1-2-3-10-4-5-16(7-10)8-12-6-11(9-18-12)13(17)15-14/h6,9-10H,2-5,7-8,14H2,1H3,(H,15,17). The minimum absolute atomic E-state index is 0.310. The fourth-order valence-corrected chi connectivity index (χ4v) is 2.59. The number of carbonyl (C=O) groups is 1. The van der Waals surface area contributed by atoms with Crippen molar-refractivity contribution < 1.29 is 9.21 Å². The fraction of sp³-hybridized carbons (Fsp3) is 0.615. The number of amides is 1. The zero-order valence-corrected chi connectivity index (χ0v) is 10.8. The van der Waals surface area contributed by atoms with Crippen molar-refractivity contribution in [2.75, 3.05) is 13.1 Å². The largest absolute Gasteiger partial charge is 0.467 e. The first-order valence-electron chi connectivity index (χ1n) is 6.53. The Kier molecular flexibility index (Phi) is 4.38. The average molecular weight is 251 g/mol. The van der Waals surface area contributed by atoms with Crippen molar-refractivity contribution in [3.63, 3.8) is 0 Å². The van der Waals surface area contributed by atoms with Gasteiger partial charge in [-0.1, -0.05) is 13.3 Å². The summed E-state index contributed by atoms with van der Waals surface area (Å²) in [4.78, 5) is 13.7. The van der Waals surface area contributed by atoms with Crippen LogP contribution in [0.1, 0.15) is 42.3 Å². The molecular weight excluding hydrogens is 230 g/mol. The molecule has 100 valence electrons. The lowest BCUT2D eigenvalue weighted by atomic mass is 10.0. The van der Waals surface area contributed by atoms with Crippen LogP contribution in [0.3, 0.4) is 0 Å². The fourth-order valence-electron chi connectivity index (χ4n) is 2.59. The van der Waals surface area contributed by atoms with Gasteiger partial charge in [0.15, 0.2) is 0 Å². The molecule has 3 N–H and O–H groups in total. The SMILES string of the molecule is CCCC1CCN(Cc2cc(C(=O)NN)co2)C1. The van der Waals surface area contributed by atoms with E-state index in [1.807, 2.05) is 0 Å². The first-order chi connectivity index (χ1) is 8.72. The molecule has 1 saturated heterocycles. The van der Waals surface area contributed by atoms with E-state index in [0.29, 0.717) is 5.56 Å². The first kappa shape index (κ1) is 13.1. The predicted molar refractivity (Wildman–Crippen MR) is 68.7 cm³/mol. The number of rotatable bonds is 5. The Labute approximate surface area is 107 Å². The molecule has 0 spiro atoms. The molecule has 1 aliphatic heterocycles. The summed E-state index contributed by atoms with van der Waals surface area (Å²) < 4.78 is 5.39. The number of carbonyl (C=O) groups excluding carboxylic acids is 1. The lowest BCUT2D eigenvalue weighted by Gasteiger charge is -2.13. The summed E-state index contributed by atoms with van der Waals surface area (Å²) in [5.41, 5.74) is 2.58. The van der Waals surface area contributed by atoms with Crippen LogP contribution in [0.5, 0.6) is 0 Å². The van der Waals surface area contributed by atoms with Gasteiger partial charge in [-0.05, 0) is 31.4 Å². The van der Waals surface area contributed by atoms with Gasteiger partial charge in [0.1, 0.15) is 12.0 Å². The molecule has 2 rings (SSSR count). The van der Waals surface area contributed by atoms with E-state index in [4.69, 9.17) is 10.3 Å². The second-order valence-electron chi connectivity index (χ2n) is 4.95. The monoisotopic (exact) mass is 251 g/mol. The third kappa shape index (κ3) is 3.11. The highest BCUT2D eigenvalue weighted by Gasteiger charge is 2.22. The molecular formula is C13H21N3O2. The second-order valence-corrected chi connectivity index (χ2v) is 4.95. The Morgan fingerprint density at radius 1 is 1.67 bits per heavy atom. The van der Waals surface area contributed by atoms with E-state index in [1.165, 1.54) is 25.5 Å². The van der Waals surface area contributed by atoms with Gasteiger partial charge in [0, 0.05) is 6.54 Å². The van der Waals surface area contributed by atoms with Gasteiger partial charge in [0.25, 0.3) is 5.91 Å². The molecule has 0 aromatic carbocycles. The van der Waals surface area contributed by atoms with Crippen LogP contribution in [0.15, 0.2) is 16.7 Å². The number of hydrazine groups is 1. The van der Waals surface area contributed by atoms with E-state index in [9.17, 15) is 4.79 Å². The summed E-state index contributed by atoms with van der Waals surface area (Å²) in [5, 5.41) is 0. The summed E-state index contributed by atoms with van der Waals surface area (Å²) in [5.74, 6) is 6.41. The van der Waals surface area contributed by atoms with Crippen LogP contribution < -0.4 is 11.3 Å². The number of hydrogen-bond donors (Lipinski definition) is 2. The molecule has 5 nitrogen and oxygen atoms in total. The van der Waals surface area contributed by atoms with E-state index in [2.05, 4.69) is 17.2 Å². The van der Waals surface area contributed by atoms with Crippen molar-refractivity contribution in [3.8, 4) is 0 Å². The molecule has 1 unspecified atom stereocenters. The Balaban J connectivity index is 1.87. The van der Waals surface area contributed by atoms with Gasteiger partial charge in [-0.15, -0.1) is 0 Å². The summed E-state index contributed by atoms with van der Waals surface area (Å²) >= 11 is 0. The van der Waals surface area contributed by atoms with Crippen molar-refractivity contribution in [1.82, 2.24) is 10.3 Å². The van der Waals surface area contributed by atoms with Gasteiger partial charge in [0.2, 0.25) is 0 Å². The number of likely N-dealkylation sites (tertiary alicyclic amines) is 1. The average Bonchev–Trinajstić information content (AvgIpc) is 2.99. The number of hydrogen-bond acceptors (Lipinski definition) is 4. The number of nitrogen functional groups attached to an aromatic ring is 1. The molecule has 1 atom stereocenters. The molecule has 18 heavy (non-hydrogen) atoms. The molecule has 0 bridgehead atoms. The summed E-state index contributed by atoms with van der Waals surface area (Å²) in [6.45, 7) is 5.25. The van der Waals surface area contributed by atoms with Crippen molar-refractivity contribution in [2.24, 2.45) is 11.8 Å². The van der Waals surface area contributed by atoms with Crippen molar-refractivity contribution in [1.29, 1.82) is 0 Å². The van der Waals surface area contributed by atoms with Crippen LogP contribution in [-0.2, 0) is 6.54 Å². The molecule has 0 radical (unpaired) electrons. The van der Waals surface area contributed by atoms with Crippen molar-refractivity contribution in [2.45, 2.75) is 32.7 Å². The van der Waals surface area contributed by atoms with E-state index >= 15 is 0 Å². The number of nitrogens with zero attached hydrogens (tertiary/aromatic N) is 1.